The van der Waals surface area contributed by atoms with E-state index in [4.69, 9.17) is 10.2 Å². The highest BCUT2D eigenvalue weighted by atomic mass is 33.1. The predicted octanol–water partition coefficient (Wildman–Crippen LogP) is 6.28. The van der Waals surface area contributed by atoms with E-state index in [0.717, 1.165) is 0 Å². The van der Waals surface area contributed by atoms with Crippen molar-refractivity contribution in [2.24, 2.45) is 0 Å². The molecule has 0 radical (unpaired) electrons. The molecule has 0 bridgehead atoms. The number of allylic oxidation sites excluding steroid dienone is 3. The van der Waals surface area contributed by atoms with Crippen molar-refractivity contribution in [3.63, 3.8) is 0 Å². The molecule has 0 unspecified atom stereocenters. The van der Waals surface area contributed by atoms with Crippen LogP contribution in [0.25, 0.3) is 0 Å². The summed E-state index contributed by atoms with van der Waals surface area (Å²) in [7, 11) is 2.39. The summed E-state index contributed by atoms with van der Waals surface area (Å²) in [6, 6.07) is 6.58. The first-order chi connectivity index (χ1) is 12.0. The first kappa shape index (κ1) is 25.3. The third-order valence-corrected chi connectivity index (χ3v) is 4.87. The molecule has 1 rings (SSSR count). The molecule has 1 aromatic carbocycles. The monoisotopic (exact) mass is 382 g/mol. The van der Waals surface area contributed by atoms with E-state index in [1.165, 1.54) is 39.8 Å². The number of hydrogen-bond acceptors (Lipinski definition) is 4. The van der Waals surface area contributed by atoms with Gasteiger partial charge in [0.1, 0.15) is 0 Å². The Morgan fingerprint density at radius 3 is 2.08 bits per heavy atom. The molecule has 0 amide bonds. The van der Waals surface area contributed by atoms with Gasteiger partial charge in [0.05, 0.1) is 11.1 Å². The summed E-state index contributed by atoms with van der Waals surface area (Å²) in [5.41, 5.74) is 0.338. The summed E-state index contributed by atoms with van der Waals surface area (Å²) in [4.78, 5) is 23.4. The van der Waals surface area contributed by atoms with Gasteiger partial charge >= 0.3 is 11.9 Å². The van der Waals surface area contributed by atoms with Crippen molar-refractivity contribution < 1.29 is 19.8 Å². The van der Waals surface area contributed by atoms with Crippen molar-refractivity contribution in [1.29, 1.82) is 0 Å². The number of hydrogen-bond donors (Lipinski definition) is 2. The predicted molar refractivity (Wildman–Crippen MR) is 109 cm³/mol. The molecule has 2 N–H and O–H groups in total. The fourth-order valence-electron chi connectivity index (χ4n) is 1.45. The van der Waals surface area contributed by atoms with E-state index in [0.29, 0.717) is 9.80 Å². The maximum Gasteiger partial charge on any atom is 0.336 e. The smallest absolute Gasteiger partial charge is 0.336 e. The zero-order valence-electron chi connectivity index (χ0n) is 15.3. The first-order valence-corrected chi connectivity index (χ1v) is 10.1. The Morgan fingerprint density at radius 2 is 1.64 bits per heavy atom. The molecular weight excluding hydrogens is 356 g/mol. The summed E-state index contributed by atoms with van der Waals surface area (Å²) in [6.45, 7) is 13.2. The Morgan fingerprint density at radius 1 is 1.08 bits per heavy atom. The molecule has 0 atom stereocenters. The average molecular weight is 383 g/mol. The molecule has 138 valence electrons. The van der Waals surface area contributed by atoms with Gasteiger partial charge in [0.25, 0.3) is 0 Å². The maximum atomic E-state index is 11.2. The highest BCUT2D eigenvalue weighted by Crippen LogP contribution is 2.41. The molecule has 0 heterocycles. The molecule has 6 heteroatoms. The number of rotatable bonds is 7. The topological polar surface area (TPSA) is 74.6 Å². The molecule has 0 fully saturated rings. The second kappa shape index (κ2) is 15.6. The molecule has 4 nitrogen and oxygen atoms in total. The van der Waals surface area contributed by atoms with Gasteiger partial charge in [0.2, 0.25) is 0 Å². The number of aromatic carboxylic acids is 1. The summed E-state index contributed by atoms with van der Waals surface area (Å²) in [5, 5.41) is 18.3. The number of benzene rings is 1. The molecular formula is C19H26O4S2. The summed E-state index contributed by atoms with van der Waals surface area (Å²) in [5.74, 6) is -2.05. The maximum absolute atomic E-state index is 11.2. The molecule has 0 aliphatic rings. The number of aliphatic carboxylic acids is 1. The van der Waals surface area contributed by atoms with E-state index in [1.807, 2.05) is 27.7 Å². The molecule has 0 spiro atoms. The Kier molecular flexibility index (Phi) is 15.8. The van der Waals surface area contributed by atoms with E-state index in [9.17, 15) is 9.59 Å². The largest absolute Gasteiger partial charge is 0.478 e. The Bertz CT molecular complexity index is 620. The lowest BCUT2D eigenvalue weighted by Gasteiger charge is -2.08. The molecule has 0 aliphatic heterocycles. The first-order valence-electron chi connectivity index (χ1n) is 7.90. The molecule has 1 aromatic rings. The van der Waals surface area contributed by atoms with E-state index < -0.39 is 11.9 Å². The zero-order valence-corrected chi connectivity index (χ0v) is 16.9. The fraction of sp³-hybridized carbons (Fsp3) is 0.263. The lowest BCUT2D eigenvalue weighted by Crippen LogP contribution is -2.01. The highest BCUT2D eigenvalue weighted by Gasteiger charge is 2.15. The van der Waals surface area contributed by atoms with E-state index in [2.05, 4.69) is 6.58 Å². The van der Waals surface area contributed by atoms with Crippen molar-refractivity contribution in [2.45, 2.75) is 39.5 Å². The SMILES string of the molecule is C=C/C=C(SSc1ccccc1C(=O)O)\C(=C/C)C(=O)O.CC.CC. The lowest BCUT2D eigenvalue weighted by atomic mass is 10.2. The van der Waals surface area contributed by atoms with Gasteiger partial charge in [-0.25, -0.2) is 9.59 Å². The van der Waals surface area contributed by atoms with Crippen LogP contribution < -0.4 is 0 Å². The molecule has 0 saturated heterocycles. The van der Waals surface area contributed by atoms with Gasteiger partial charge < -0.3 is 10.2 Å². The van der Waals surface area contributed by atoms with Crippen molar-refractivity contribution >= 4 is 33.5 Å². The van der Waals surface area contributed by atoms with Crippen molar-refractivity contribution in [1.82, 2.24) is 0 Å². The summed E-state index contributed by atoms with van der Waals surface area (Å²) in [6.07, 6.45) is 4.58. The van der Waals surface area contributed by atoms with Gasteiger partial charge in [-0.3, -0.25) is 0 Å². The van der Waals surface area contributed by atoms with Crippen LogP contribution >= 0.6 is 21.6 Å². The van der Waals surface area contributed by atoms with E-state index in [1.54, 1.807) is 31.2 Å². The Hall–Kier alpha value is -1.92. The standard InChI is InChI=1S/C15H14O4S2.2C2H6/c1-3-7-12(10(4-2)14(16)17)20-21-13-9-6-5-8-11(13)15(18)19;2*1-2/h3-9H,1H2,2H3,(H,16,17)(H,18,19);2*1-2H3/b10-4+,12-7+;;. The fourth-order valence-corrected chi connectivity index (χ4v) is 3.86. The van der Waals surface area contributed by atoms with Gasteiger partial charge in [-0.2, -0.15) is 0 Å². The number of carboxylic acids is 2. The third kappa shape index (κ3) is 9.22. The number of carboxylic acid groups (broad SMARTS) is 2. The van der Waals surface area contributed by atoms with E-state index in [-0.39, 0.29) is 11.1 Å². The highest BCUT2D eigenvalue weighted by molar-refractivity contribution is 8.78. The van der Waals surface area contributed by atoms with Crippen molar-refractivity contribution in [3.05, 3.63) is 65.1 Å². The van der Waals surface area contributed by atoms with Crippen LogP contribution in [0.4, 0.5) is 0 Å². The number of carbonyl (C=O) groups is 2. The minimum Gasteiger partial charge on any atom is -0.478 e. The van der Waals surface area contributed by atoms with Crippen LogP contribution in [-0.2, 0) is 4.79 Å². The lowest BCUT2D eigenvalue weighted by molar-refractivity contribution is -0.132. The zero-order chi connectivity index (χ0) is 19.8. The van der Waals surface area contributed by atoms with Crippen LogP contribution in [0.1, 0.15) is 45.0 Å². The Balaban J connectivity index is 0. The van der Waals surface area contributed by atoms with Gasteiger partial charge in [0, 0.05) is 9.80 Å². The third-order valence-electron chi connectivity index (χ3n) is 2.39. The molecule has 25 heavy (non-hydrogen) atoms. The Labute approximate surface area is 158 Å². The molecule has 0 aromatic heterocycles. The van der Waals surface area contributed by atoms with Crippen LogP contribution in [-0.4, -0.2) is 22.2 Å². The van der Waals surface area contributed by atoms with Crippen molar-refractivity contribution in [2.75, 3.05) is 0 Å². The summed E-state index contributed by atoms with van der Waals surface area (Å²) < 4.78 is 0. The van der Waals surface area contributed by atoms with Crippen molar-refractivity contribution in [3.8, 4) is 0 Å². The normalized spacial score (nSPS) is 10.6. The molecule has 0 saturated carbocycles. The second-order valence-corrected chi connectivity index (χ2v) is 5.96. The molecule has 0 aliphatic carbocycles. The van der Waals surface area contributed by atoms with Crippen LogP contribution in [0.15, 0.2) is 64.4 Å². The van der Waals surface area contributed by atoms with Gasteiger partial charge in [-0.1, -0.05) is 80.1 Å². The van der Waals surface area contributed by atoms with Crippen LogP contribution in [0.2, 0.25) is 0 Å². The summed E-state index contributed by atoms with van der Waals surface area (Å²) >= 11 is 0. The van der Waals surface area contributed by atoms with Crippen LogP contribution in [0, 0.1) is 0 Å². The van der Waals surface area contributed by atoms with Gasteiger partial charge in [-0.05, 0) is 25.1 Å². The van der Waals surface area contributed by atoms with Crippen LogP contribution in [0.5, 0.6) is 0 Å². The quantitative estimate of drug-likeness (QED) is 0.328. The van der Waals surface area contributed by atoms with E-state index >= 15 is 0 Å². The minimum absolute atomic E-state index is 0.153. The van der Waals surface area contributed by atoms with Gasteiger partial charge in [0.15, 0.2) is 0 Å². The van der Waals surface area contributed by atoms with Gasteiger partial charge in [-0.15, -0.1) is 0 Å². The minimum atomic E-state index is -1.04. The van der Waals surface area contributed by atoms with Crippen LogP contribution in [0.3, 0.4) is 0 Å². The second-order valence-electron chi connectivity index (χ2n) is 3.74. The average Bonchev–Trinajstić information content (AvgIpc) is 2.63.